The molecule has 0 spiro atoms. The van der Waals surface area contributed by atoms with Gasteiger partial charge in [-0.1, -0.05) is 0 Å². The first-order chi connectivity index (χ1) is 2.00. The van der Waals surface area contributed by atoms with Crippen LogP contribution in [0.3, 0.4) is 0 Å². The first kappa shape index (κ1) is 9.63. The van der Waals surface area contributed by atoms with Gasteiger partial charge in [0.15, 0.2) is 0 Å². The van der Waals surface area contributed by atoms with Crippen molar-refractivity contribution < 1.29 is 34.6 Å². The molecule has 0 aromatic rings. The maximum Gasteiger partial charge on any atom is 3.00 e. The second-order valence-electron chi connectivity index (χ2n) is 0.408. The summed E-state index contributed by atoms with van der Waals surface area (Å²) in [7, 11) is -5.17. The fraction of sp³-hybridized carbons (Fsp3) is 0. The third-order valence-electron chi connectivity index (χ3n) is 0. The summed E-state index contributed by atoms with van der Waals surface area (Å²) in [5, 5.41) is 0. The van der Waals surface area contributed by atoms with Crippen molar-refractivity contribution in [2.75, 3.05) is 0 Å². The van der Waals surface area contributed by atoms with Crippen molar-refractivity contribution in [2.45, 2.75) is 0 Å². The van der Waals surface area contributed by atoms with Gasteiger partial charge in [-0.15, -0.1) is 0 Å². The van der Waals surface area contributed by atoms with Gasteiger partial charge in [0.05, 0.1) is 0 Å². The second kappa shape index (κ2) is 2.54. The molecule has 0 saturated carbocycles. The van der Waals surface area contributed by atoms with Crippen LogP contribution in [0, 0.1) is 0 Å². The summed E-state index contributed by atoms with van der Waals surface area (Å²) in [6, 6.07) is 0. The smallest absolute Gasteiger partial charge is 0.759 e. The molecule has 6 heteroatoms. The van der Waals surface area contributed by atoms with Crippen molar-refractivity contribution in [3.63, 3.8) is 0 Å². The van der Waals surface area contributed by atoms with E-state index >= 15 is 0 Å². The zero-order valence-corrected chi connectivity index (χ0v) is 4.32. The Morgan fingerprint density at radius 1 is 1.17 bits per heavy atom. The molecular weight excluding hydrogens is 152 g/mol. The van der Waals surface area contributed by atoms with E-state index in [1.807, 2.05) is 0 Å². The monoisotopic (exact) mass is 152 g/mol. The fourth-order valence-electron chi connectivity index (χ4n) is 0. The van der Waals surface area contributed by atoms with Crippen molar-refractivity contribution in [3.05, 3.63) is 0 Å². The van der Waals surface area contributed by atoms with Gasteiger partial charge in [0, 0.05) is 10.4 Å². The van der Waals surface area contributed by atoms with Crippen molar-refractivity contribution in [2.24, 2.45) is 0 Å². The second-order valence-corrected chi connectivity index (χ2v) is 1.22. The first-order valence-electron chi connectivity index (χ1n) is 0.667. The Morgan fingerprint density at radius 3 is 1.17 bits per heavy atom. The summed E-state index contributed by atoms with van der Waals surface area (Å²) in [6.45, 7) is 0. The average Bonchev–Trinajstić information content (AvgIpc) is 0.722. The normalized spacial score (nSPS) is 9.67. The molecule has 0 N–H and O–H groups in total. The summed E-state index contributed by atoms with van der Waals surface area (Å²) in [5.74, 6) is 0. The summed E-state index contributed by atoms with van der Waals surface area (Å²) < 4.78 is 34.1. The summed E-state index contributed by atoms with van der Waals surface area (Å²) in [6.07, 6.45) is 0. The largest absolute Gasteiger partial charge is 3.00 e. The van der Waals surface area contributed by atoms with Crippen LogP contribution < -0.4 is 0 Å². The van der Waals surface area contributed by atoms with Crippen LogP contribution >= 0.6 is 0 Å². The zero-order valence-electron chi connectivity index (χ0n) is 2.39. The van der Waals surface area contributed by atoms with E-state index in [0.29, 0.717) is 0 Å². The van der Waals surface area contributed by atoms with Gasteiger partial charge in [-0.3, -0.25) is 8.42 Å². The van der Waals surface area contributed by atoms with E-state index in [4.69, 9.17) is 17.5 Å². The molecule has 0 atom stereocenters. The molecular formula is FeO4S+. The third kappa shape index (κ3) is 332. The Balaban J connectivity index is 0. The Labute approximate surface area is 45.6 Å². The van der Waals surface area contributed by atoms with Gasteiger partial charge in [-0.25, -0.2) is 0 Å². The molecule has 0 aromatic carbocycles. The molecule has 0 aliphatic carbocycles. The summed E-state index contributed by atoms with van der Waals surface area (Å²) in [4.78, 5) is 0. The number of rotatable bonds is 0. The Bertz CT molecular complexity index is 90.7. The minimum absolute atomic E-state index is 0. The van der Waals surface area contributed by atoms with Crippen LogP contribution in [-0.4, -0.2) is 17.5 Å². The van der Waals surface area contributed by atoms with Gasteiger partial charge in [0.25, 0.3) is 0 Å². The van der Waals surface area contributed by atoms with Crippen LogP contribution in [0.15, 0.2) is 0 Å². The van der Waals surface area contributed by atoms with Crippen molar-refractivity contribution in [1.82, 2.24) is 0 Å². The van der Waals surface area contributed by atoms with Crippen LogP contribution in [-0.2, 0) is 27.5 Å². The van der Waals surface area contributed by atoms with Crippen LogP contribution in [0.5, 0.6) is 0 Å². The SMILES string of the molecule is O=S(=O)([O-])[O-].[Fe+3]. The van der Waals surface area contributed by atoms with E-state index in [1.54, 1.807) is 0 Å². The number of hydrogen-bond acceptors (Lipinski definition) is 4. The molecule has 0 aliphatic rings. The molecule has 0 heterocycles. The van der Waals surface area contributed by atoms with E-state index < -0.39 is 10.4 Å². The molecule has 0 amide bonds. The van der Waals surface area contributed by atoms with Gasteiger partial charge in [-0.05, 0) is 0 Å². The van der Waals surface area contributed by atoms with Crippen molar-refractivity contribution in [3.8, 4) is 0 Å². The van der Waals surface area contributed by atoms with Crippen LogP contribution in [0.4, 0.5) is 0 Å². The Hall–Kier alpha value is 0.389. The van der Waals surface area contributed by atoms with E-state index in [2.05, 4.69) is 0 Å². The van der Waals surface area contributed by atoms with E-state index in [0.717, 1.165) is 0 Å². The molecule has 0 saturated heterocycles. The molecule has 0 bridgehead atoms. The quantitative estimate of drug-likeness (QED) is 0.244. The van der Waals surface area contributed by atoms with Gasteiger partial charge in [0.2, 0.25) is 0 Å². The van der Waals surface area contributed by atoms with Crippen molar-refractivity contribution in [1.29, 1.82) is 0 Å². The van der Waals surface area contributed by atoms with Crippen molar-refractivity contribution >= 4 is 10.4 Å². The van der Waals surface area contributed by atoms with Gasteiger partial charge in [-0.2, -0.15) is 0 Å². The molecule has 6 heavy (non-hydrogen) atoms. The third-order valence-corrected chi connectivity index (χ3v) is 0. The summed E-state index contributed by atoms with van der Waals surface area (Å²) >= 11 is 0. The number of hydrogen-bond donors (Lipinski definition) is 0. The first-order valence-corrected chi connectivity index (χ1v) is 2.00. The molecule has 0 fully saturated rings. The summed E-state index contributed by atoms with van der Waals surface area (Å²) in [5.41, 5.74) is 0. The molecule has 4 nitrogen and oxygen atoms in total. The predicted molar refractivity (Wildman–Crippen MR) is 10.5 cm³/mol. The predicted octanol–water partition coefficient (Wildman–Crippen LogP) is -1.34. The van der Waals surface area contributed by atoms with E-state index in [1.165, 1.54) is 0 Å². The van der Waals surface area contributed by atoms with Crippen LogP contribution in [0.1, 0.15) is 0 Å². The van der Waals surface area contributed by atoms with E-state index in [9.17, 15) is 0 Å². The zero-order chi connectivity index (χ0) is 4.50. The fourth-order valence-corrected chi connectivity index (χ4v) is 0. The molecule has 37 valence electrons. The van der Waals surface area contributed by atoms with Crippen LogP contribution in [0.2, 0.25) is 0 Å². The van der Waals surface area contributed by atoms with Crippen LogP contribution in [0.25, 0.3) is 0 Å². The molecule has 0 rings (SSSR count). The molecule has 0 unspecified atom stereocenters. The minimum atomic E-state index is -5.17. The minimum Gasteiger partial charge on any atom is -0.759 e. The Morgan fingerprint density at radius 2 is 1.17 bits per heavy atom. The molecule has 0 aromatic heterocycles. The van der Waals surface area contributed by atoms with Gasteiger partial charge in [0.1, 0.15) is 0 Å². The average molecular weight is 152 g/mol. The molecule has 0 aliphatic heterocycles. The topological polar surface area (TPSA) is 80.3 Å². The van der Waals surface area contributed by atoms with E-state index in [-0.39, 0.29) is 17.1 Å². The maximum absolute atomic E-state index is 8.52. The molecule has 1 radical (unpaired) electrons. The standard InChI is InChI=1S/Fe.H2O4S/c;1-5(2,3)4/h;(H2,1,2,3,4)/q+3;/p-2. The van der Waals surface area contributed by atoms with Gasteiger partial charge >= 0.3 is 17.1 Å². The Kier molecular flexibility index (Phi) is 4.08. The van der Waals surface area contributed by atoms with Gasteiger partial charge < -0.3 is 9.11 Å². The maximum atomic E-state index is 8.52.